The fourth-order valence-corrected chi connectivity index (χ4v) is 0.260. The van der Waals surface area contributed by atoms with Gasteiger partial charge in [-0.1, -0.05) is 0 Å². The second-order valence-electron chi connectivity index (χ2n) is 1.39. The van der Waals surface area contributed by atoms with E-state index >= 15 is 0 Å². The Hall–Kier alpha value is 0.620. The molecular weight excluding hydrogens is 144 g/mol. The van der Waals surface area contributed by atoms with E-state index in [1.807, 2.05) is 0 Å². The monoisotopic (exact) mass is 154 g/mol. The Balaban J connectivity index is 2.93. The van der Waals surface area contributed by atoms with Crippen molar-refractivity contribution in [2.75, 3.05) is 0 Å². The second kappa shape index (κ2) is 4.49. The predicted molar refractivity (Wildman–Crippen MR) is 39.1 cm³/mol. The van der Waals surface area contributed by atoms with Crippen molar-refractivity contribution in [3.8, 4) is 0 Å². The van der Waals surface area contributed by atoms with E-state index in [1.165, 1.54) is 0 Å². The van der Waals surface area contributed by atoms with Crippen LogP contribution in [0.2, 0.25) is 0 Å². The molecule has 2 atom stereocenters. The minimum Gasteiger partial charge on any atom is -0.222 e. The highest BCUT2D eigenvalue weighted by molar-refractivity contribution is 7.81. The van der Waals surface area contributed by atoms with Crippen molar-refractivity contribution < 1.29 is 9.78 Å². The topological polar surface area (TPSA) is 18.5 Å². The molecule has 0 radical (unpaired) electrons. The predicted octanol–water partition coefficient (Wildman–Crippen LogP) is 1.49. The summed E-state index contributed by atoms with van der Waals surface area (Å²) in [5, 5.41) is 0. The van der Waals surface area contributed by atoms with Gasteiger partial charge in [0.1, 0.15) is 10.9 Å². The zero-order chi connectivity index (χ0) is 6.57. The van der Waals surface area contributed by atoms with Gasteiger partial charge in [-0.15, -0.1) is 25.3 Å². The summed E-state index contributed by atoms with van der Waals surface area (Å²) in [7, 11) is 0. The molecule has 0 amide bonds. The van der Waals surface area contributed by atoms with Gasteiger partial charge in [0.05, 0.1) is 0 Å². The highest BCUT2D eigenvalue weighted by Crippen LogP contribution is 2.01. The van der Waals surface area contributed by atoms with E-state index in [0.29, 0.717) is 0 Å². The van der Waals surface area contributed by atoms with Crippen LogP contribution in [0, 0.1) is 0 Å². The van der Waals surface area contributed by atoms with Gasteiger partial charge in [0.2, 0.25) is 0 Å². The molecule has 2 nitrogen and oxygen atoms in total. The quantitative estimate of drug-likeness (QED) is 0.278. The molecule has 0 aliphatic heterocycles. The summed E-state index contributed by atoms with van der Waals surface area (Å²) >= 11 is 7.78. The van der Waals surface area contributed by atoms with E-state index in [1.54, 1.807) is 13.8 Å². The molecule has 0 N–H and O–H groups in total. The van der Waals surface area contributed by atoms with Crippen LogP contribution in [0.25, 0.3) is 0 Å². The first kappa shape index (κ1) is 8.62. The summed E-state index contributed by atoms with van der Waals surface area (Å²) in [4.78, 5) is 9.18. The lowest BCUT2D eigenvalue weighted by Gasteiger charge is -2.06. The fraction of sp³-hybridized carbons (Fsp3) is 1.00. The Morgan fingerprint density at radius 1 is 1.00 bits per heavy atom. The molecule has 0 aromatic rings. The van der Waals surface area contributed by atoms with Crippen LogP contribution in [0.4, 0.5) is 0 Å². The van der Waals surface area contributed by atoms with Crippen LogP contribution in [0.1, 0.15) is 13.8 Å². The Bertz CT molecular complexity index is 48.0. The Morgan fingerprint density at radius 2 is 1.25 bits per heavy atom. The first-order valence-corrected chi connectivity index (χ1v) is 3.34. The molecule has 0 spiro atoms. The normalized spacial score (nSPS) is 18.0. The summed E-state index contributed by atoms with van der Waals surface area (Å²) in [6.45, 7) is 3.53. The van der Waals surface area contributed by atoms with Crippen molar-refractivity contribution in [1.82, 2.24) is 0 Å². The minimum absolute atomic E-state index is 0.190. The first-order valence-electron chi connectivity index (χ1n) is 2.31. The molecule has 0 heterocycles. The van der Waals surface area contributed by atoms with Gasteiger partial charge in [-0.2, -0.15) is 0 Å². The molecule has 2 unspecified atom stereocenters. The van der Waals surface area contributed by atoms with E-state index in [0.717, 1.165) is 0 Å². The van der Waals surface area contributed by atoms with Gasteiger partial charge in [0.15, 0.2) is 0 Å². The van der Waals surface area contributed by atoms with Crippen LogP contribution in [0.3, 0.4) is 0 Å². The van der Waals surface area contributed by atoms with Gasteiger partial charge in [0.25, 0.3) is 0 Å². The third-order valence-electron chi connectivity index (χ3n) is 0.334. The lowest BCUT2D eigenvalue weighted by Crippen LogP contribution is -2.05. The lowest BCUT2D eigenvalue weighted by atomic mass is 10.9. The molecule has 0 saturated heterocycles. The molecule has 8 heavy (non-hydrogen) atoms. The molecular formula is C4H10O2S2. The molecule has 0 aliphatic rings. The Morgan fingerprint density at radius 3 is 1.38 bits per heavy atom. The molecule has 0 aromatic carbocycles. The Kier molecular flexibility index (Phi) is 4.84. The van der Waals surface area contributed by atoms with Gasteiger partial charge >= 0.3 is 0 Å². The summed E-state index contributed by atoms with van der Waals surface area (Å²) < 4.78 is 0. The van der Waals surface area contributed by atoms with Crippen molar-refractivity contribution in [3.05, 3.63) is 0 Å². The van der Waals surface area contributed by atoms with Gasteiger partial charge in [0, 0.05) is 0 Å². The average molecular weight is 154 g/mol. The van der Waals surface area contributed by atoms with Crippen molar-refractivity contribution in [3.63, 3.8) is 0 Å². The molecule has 0 aliphatic carbocycles. The molecule has 0 saturated carbocycles. The second-order valence-corrected chi connectivity index (χ2v) is 2.85. The Labute approximate surface area is 60.3 Å². The van der Waals surface area contributed by atoms with Crippen molar-refractivity contribution in [2.45, 2.75) is 24.7 Å². The fourth-order valence-electron chi connectivity index (χ4n) is 0.161. The van der Waals surface area contributed by atoms with E-state index < -0.39 is 0 Å². The molecule has 0 bridgehead atoms. The van der Waals surface area contributed by atoms with E-state index in [9.17, 15) is 0 Å². The highest BCUT2D eigenvalue weighted by Gasteiger charge is 1.96. The SMILES string of the molecule is CC(S)OOC(C)S. The number of hydrogen-bond acceptors (Lipinski definition) is 4. The third-order valence-corrected chi connectivity index (χ3v) is 0.506. The minimum atomic E-state index is -0.190. The number of hydrogen-bond donors (Lipinski definition) is 2. The van der Waals surface area contributed by atoms with E-state index in [4.69, 9.17) is 0 Å². The van der Waals surface area contributed by atoms with Gasteiger partial charge in [-0.05, 0) is 13.8 Å². The standard InChI is InChI=1S/C4H10O2S2/c1-3(7)5-6-4(2)8/h3-4,7-8H,1-2H3. The maximum absolute atomic E-state index is 4.59. The van der Waals surface area contributed by atoms with Crippen LogP contribution in [0.5, 0.6) is 0 Å². The molecule has 0 aromatic heterocycles. The maximum atomic E-state index is 4.59. The number of thiol groups is 2. The van der Waals surface area contributed by atoms with Crippen LogP contribution in [-0.4, -0.2) is 10.9 Å². The summed E-state index contributed by atoms with van der Waals surface area (Å²) in [6, 6.07) is 0. The zero-order valence-corrected chi connectivity index (χ0v) is 6.65. The largest absolute Gasteiger partial charge is 0.222 e. The summed E-state index contributed by atoms with van der Waals surface area (Å²) in [6.07, 6.45) is 0. The third kappa shape index (κ3) is 6.62. The van der Waals surface area contributed by atoms with Crippen molar-refractivity contribution in [1.29, 1.82) is 0 Å². The smallest absolute Gasteiger partial charge is 0.133 e. The zero-order valence-electron chi connectivity index (χ0n) is 4.87. The van der Waals surface area contributed by atoms with Crippen LogP contribution in [0.15, 0.2) is 0 Å². The van der Waals surface area contributed by atoms with Gasteiger partial charge in [-0.25, -0.2) is 9.78 Å². The number of rotatable bonds is 3. The average Bonchev–Trinajstić information content (AvgIpc) is 1.61. The van der Waals surface area contributed by atoms with Crippen LogP contribution >= 0.6 is 25.3 Å². The molecule has 0 fully saturated rings. The van der Waals surface area contributed by atoms with Crippen LogP contribution in [-0.2, 0) is 9.78 Å². The summed E-state index contributed by atoms with van der Waals surface area (Å²) in [5.41, 5.74) is -0.380. The van der Waals surface area contributed by atoms with Crippen molar-refractivity contribution >= 4 is 25.3 Å². The van der Waals surface area contributed by atoms with E-state index in [2.05, 4.69) is 35.0 Å². The maximum Gasteiger partial charge on any atom is 0.133 e. The molecule has 4 heteroatoms. The van der Waals surface area contributed by atoms with Crippen molar-refractivity contribution in [2.24, 2.45) is 0 Å². The van der Waals surface area contributed by atoms with Gasteiger partial charge in [-0.3, -0.25) is 0 Å². The van der Waals surface area contributed by atoms with E-state index in [-0.39, 0.29) is 10.9 Å². The van der Waals surface area contributed by atoms with Crippen LogP contribution < -0.4 is 0 Å². The first-order chi connectivity index (χ1) is 3.63. The molecule has 0 rings (SSSR count). The lowest BCUT2D eigenvalue weighted by molar-refractivity contribution is -0.306. The highest BCUT2D eigenvalue weighted by atomic mass is 32.1. The van der Waals surface area contributed by atoms with Gasteiger partial charge < -0.3 is 0 Å². The molecule has 50 valence electrons. The summed E-state index contributed by atoms with van der Waals surface area (Å²) in [5.74, 6) is 0.